The first-order valence-corrected chi connectivity index (χ1v) is 9.37. The highest BCUT2D eigenvalue weighted by atomic mass is 19.1. The number of carbonyl (C=O) groups is 2. The second-order valence-corrected chi connectivity index (χ2v) is 7.02. The van der Waals surface area contributed by atoms with Gasteiger partial charge in [0.05, 0.1) is 6.42 Å². The molecule has 142 valence electrons. The van der Waals surface area contributed by atoms with Crippen molar-refractivity contribution in [3.8, 4) is 0 Å². The van der Waals surface area contributed by atoms with Gasteiger partial charge in [-0.1, -0.05) is 48.0 Å². The molecule has 0 radical (unpaired) electrons. The zero-order valence-corrected chi connectivity index (χ0v) is 15.7. The van der Waals surface area contributed by atoms with Crippen LogP contribution >= 0.6 is 0 Å². The molecular formula is C22H25FN2O2. The first-order valence-electron chi connectivity index (χ1n) is 9.37. The van der Waals surface area contributed by atoms with Gasteiger partial charge in [-0.05, 0) is 30.5 Å². The first kappa shape index (κ1) is 19.1. The highest BCUT2D eigenvalue weighted by Gasteiger charge is 2.24. The molecule has 1 fully saturated rings. The number of rotatable bonds is 5. The van der Waals surface area contributed by atoms with Crippen LogP contribution in [0.5, 0.6) is 0 Å². The average Bonchev–Trinajstić information content (AvgIpc) is 2.67. The molecule has 0 atom stereocenters. The fourth-order valence-electron chi connectivity index (χ4n) is 3.41. The van der Waals surface area contributed by atoms with E-state index in [4.69, 9.17) is 0 Å². The zero-order valence-electron chi connectivity index (χ0n) is 15.7. The highest BCUT2D eigenvalue weighted by molar-refractivity contribution is 5.80. The molecule has 0 bridgehead atoms. The molecule has 0 unspecified atom stereocenters. The Morgan fingerprint density at radius 2 is 1.59 bits per heavy atom. The van der Waals surface area contributed by atoms with Crippen LogP contribution in [-0.4, -0.2) is 47.8 Å². The molecule has 0 spiro atoms. The van der Waals surface area contributed by atoms with E-state index in [-0.39, 0.29) is 24.1 Å². The second-order valence-electron chi connectivity index (χ2n) is 7.02. The fraction of sp³-hybridized carbons (Fsp3) is 0.364. The van der Waals surface area contributed by atoms with Crippen molar-refractivity contribution in [1.29, 1.82) is 0 Å². The van der Waals surface area contributed by atoms with Crippen LogP contribution in [0.3, 0.4) is 0 Å². The van der Waals surface area contributed by atoms with Crippen molar-refractivity contribution in [1.82, 2.24) is 9.80 Å². The lowest BCUT2D eigenvalue weighted by atomic mass is 10.1. The van der Waals surface area contributed by atoms with Crippen LogP contribution in [0.4, 0.5) is 4.39 Å². The highest BCUT2D eigenvalue weighted by Crippen LogP contribution is 2.12. The van der Waals surface area contributed by atoms with Crippen LogP contribution in [0.1, 0.15) is 23.1 Å². The Balaban J connectivity index is 1.46. The van der Waals surface area contributed by atoms with Gasteiger partial charge in [-0.2, -0.15) is 0 Å². The molecule has 2 aromatic rings. The largest absolute Gasteiger partial charge is 0.339 e. The molecule has 1 aliphatic heterocycles. The van der Waals surface area contributed by atoms with Crippen molar-refractivity contribution in [2.24, 2.45) is 0 Å². The Labute approximate surface area is 159 Å². The van der Waals surface area contributed by atoms with Gasteiger partial charge in [0.15, 0.2) is 0 Å². The van der Waals surface area contributed by atoms with E-state index in [0.29, 0.717) is 44.6 Å². The monoisotopic (exact) mass is 368 g/mol. The van der Waals surface area contributed by atoms with Crippen molar-refractivity contribution in [2.75, 3.05) is 26.2 Å². The van der Waals surface area contributed by atoms with E-state index in [0.717, 1.165) is 11.1 Å². The number of hydrogen-bond acceptors (Lipinski definition) is 2. The summed E-state index contributed by atoms with van der Waals surface area (Å²) in [5, 5.41) is 0. The van der Waals surface area contributed by atoms with E-state index in [1.54, 1.807) is 23.1 Å². The van der Waals surface area contributed by atoms with Crippen molar-refractivity contribution >= 4 is 11.8 Å². The van der Waals surface area contributed by atoms with E-state index in [9.17, 15) is 14.0 Å². The third kappa shape index (κ3) is 5.16. The number of halogens is 1. The maximum Gasteiger partial charge on any atom is 0.227 e. The van der Waals surface area contributed by atoms with E-state index in [1.807, 2.05) is 36.1 Å². The maximum absolute atomic E-state index is 13.7. The quantitative estimate of drug-likeness (QED) is 0.814. The summed E-state index contributed by atoms with van der Waals surface area (Å²) in [6.07, 6.45) is 1.08. The summed E-state index contributed by atoms with van der Waals surface area (Å²) in [6, 6.07) is 14.5. The molecule has 4 nitrogen and oxygen atoms in total. The van der Waals surface area contributed by atoms with Gasteiger partial charge in [-0.15, -0.1) is 0 Å². The third-order valence-corrected chi connectivity index (χ3v) is 4.99. The molecule has 1 aliphatic rings. The van der Waals surface area contributed by atoms with Crippen molar-refractivity contribution in [3.05, 3.63) is 71.0 Å². The van der Waals surface area contributed by atoms with Gasteiger partial charge >= 0.3 is 0 Å². The SMILES string of the molecule is Cc1cccc(CC(=O)N2CCN(C(=O)CCc3ccccc3F)CC2)c1. The van der Waals surface area contributed by atoms with E-state index in [2.05, 4.69) is 0 Å². The summed E-state index contributed by atoms with van der Waals surface area (Å²) < 4.78 is 13.7. The smallest absolute Gasteiger partial charge is 0.227 e. The van der Waals surface area contributed by atoms with Crippen LogP contribution in [-0.2, 0) is 22.4 Å². The Hall–Kier alpha value is -2.69. The van der Waals surface area contributed by atoms with Gasteiger partial charge in [0, 0.05) is 32.6 Å². The Bertz CT molecular complexity index is 813. The minimum atomic E-state index is -0.267. The Morgan fingerprint density at radius 1 is 0.926 bits per heavy atom. The predicted molar refractivity (Wildman–Crippen MR) is 103 cm³/mol. The molecule has 2 aromatic carbocycles. The molecule has 3 rings (SSSR count). The summed E-state index contributed by atoms with van der Waals surface area (Å²) in [5.74, 6) is -0.153. The summed E-state index contributed by atoms with van der Waals surface area (Å²) in [4.78, 5) is 28.5. The first-order chi connectivity index (χ1) is 13.0. The summed E-state index contributed by atoms with van der Waals surface area (Å²) in [5.41, 5.74) is 2.73. The van der Waals surface area contributed by atoms with Crippen LogP contribution in [0.25, 0.3) is 0 Å². The Kier molecular flexibility index (Phi) is 6.22. The van der Waals surface area contributed by atoms with Crippen LogP contribution in [0.2, 0.25) is 0 Å². The van der Waals surface area contributed by atoms with Crippen molar-refractivity contribution < 1.29 is 14.0 Å². The number of hydrogen-bond donors (Lipinski definition) is 0. The van der Waals surface area contributed by atoms with E-state index >= 15 is 0 Å². The van der Waals surface area contributed by atoms with Gasteiger partial charge < -0.3 is 9.80 Å². The van der Waals surface area contributed by atoms with Gasteiger partial charge in [0.25, 0.3) is 0 Å². The standard InChI is InChI=1S/C22H25FN2O2/c1-17-5-4-6-18(15-17)16-22(27)25-13-11-24(12-14-25)21(26)10-9-19-7-2-3-8-20(19)23/h2-8,15H,9-14,16H2,1H3. The molecule has 0 saturated carbocycles. The molecule has 1 saturated heterocycles. The molecular weight excluding hydrogens is 343 g/mol. The maximum atomic E-state index is 13.7. The molecule has 0 aromatic heterocycles. The topological polar surface area (TPSA) is 40.6 Å². The molecule has 0 N–H and O–H groups in total. The van der Waals surface area contributed by atoms with Gasteiger partial charge in [0.2, 0.25) is 11.8 Å². The van der Waals surface area contributed by atoms with E-state index in [1.165, 1.54) is 6.07 Å². The number of nitrogens with zero attached hydrogens (tertiary/aromatic N) is 2. The summed E-state index contributed by atoms with van der Waals surface area (Å²) in [6.45, 7) is 4.19. The van der Waals surface area contributed by atoms with Gasteiger partial charge in [0.1, 0.15) is 5.82 Å². The Morgan fingerprint density at radius 3 is 2.26 bits per heavy atom. The zero-order chi connectivity index (χ0) is 19.2. The van der Waals surface area contributed by atoms with Crippen molar-refractivity contribution in [3.63, 3.8) is 0 Å². The summed E-state index contributed by atoms with van der Waals surface area (Å²) >= 11 is 0. The predicted octanol–water partition coefficient (Wildman–Crippen LogP) is 2.98. The van der Waals surface area contributed by atoms with Crippen LogP contribution in [0, 0.1) is 12.7 Å². The molecule has 5 heteroatoms. The third-order valence-electron chi connectivity index (χ3n) is 4.99. The summed E-state index contributed by atoms with van der Waals surface area (Å²) in [7, 11) is 0. The van der Waals surface area contributed by atoms with Crippen LogP contribution in [0.15, 0.2) is 48.5 Å². The average molecular weight is 368 g/mol. The number of piperazine rings is 1. The molecule has 27 heavy (non-hydrogen) atoms. The number of carbonyl (C=O) groups excluding carboxylic acids is 2. The lowest BCUT2D eigenvalue weighted by molar-refractivity contribution is -0.139. The number of amides is 2. The van der Waals surface area contributed by atoms with Gasteiger partial charge in [-0.25, -0.2) is 4.39 Å². The second kappa shape index (κ2) is 8.80. The molecule has 2 amide bonds. The molecule has 1 heterocycles. The number of aryl methyl sites for hydroxylation is 2. The normalized spacial score (nSPS) is 14.3. The lowest BCUT2D eigenvalue weighted by Crippen LogP contribution is -2.51. The van der Waals surface area contributed by atoms with Crippen LogP contribution < -0.4 is 0 Å². The molecule has 0 aliphatic carbocycles. The minimum Gasteiger partial charge on any atom is -0.339 e. The minimum absolute atomic E-state index is 0.0176. The van der Waals surface area contributed by atoms with Gasteiger partial charge in [-0.3, -0.25) is 9.59 Å². The fourth-order valence-corrected chi connectivity index (χ4v) is 3.41. The van der Waals surface area contributed by atoms with E-state index < -0.39 is 0 Å². The van der Waals surface area contributed by atoms with Crippen molar-refractivity contribution in [2.45, 2.75) is 26.2 Å². The lowest BCUT2D eigenvalue weighted by Gasteiger charge is -2.35. The number of benzene rings is 2.